The maximum absolute atomic E-state index is 14.7. The van der Waals surface area contributed by atoms with Crippen LogP contribution in [0.2, 0.25) is 0 Å². The molecule has 3 aromatic rings. The molecule has 0 unspecified atom stereocenters. The molecular weight excluding hydrogens is 589 g/mol. The third-order valence-corrected chi connectivity index (χ3v) is 8.23. The minimum absolute atomic E-state index is 0.0438. The first-order chi connectivity index (χ1) is 21.9. The van der Waals surface area contributed by atoms with Crippen molar-refractivity contribution in [2.24, 2.45) is 5.92 Å². The van der Waals surface area contributed by atoms with Crippen molar-refractivity contribution in [1.82, 2.24) is 15.6 Å². The lowest BCUT2D eigenvalue weighted by molar-refractivity contribution is -0.128. The van der Waals surface area contributed by atoms with Crippen LogP contribution in [0.25, 0.3) is 11.1 Å². The van der Waals surface area contributed by atoms with Gasteiger partial charge in [-0.3, -0.25) is 4.79 Å². The van der Waals surface area contributed by atoms with E-state index in [2.05, 4.69) is 15.6 Å². The van der Waals surface area contributed by atoms with Crippen molar-refractivity contribution in [1.29, 1.82) is 0 Å². The van der Waals surface area contributed by atoms with E-state index in [1.807, 2.05) is 30.3 Å². The minimum atomic E-state index is -1.18. The fourth-order valence-electron chi connectivity index (χ4n) is 5.75. The Hall–Kier alpha value is -4.02. The van der Waals surface area contributed by atoms with E-state index in [0.29, 0.717) is 24.3 Å². The van der Waals surface area contributed by atoms with Crippen molar-refractivity contribution < 1.29 is 33.7 Å². The number of hydrogen-bond donors (Lipinski definition) is 4. The molecule has 46 heavy (non-hydrogen) atoms. The molecule has 2 amide bonds. The molecule has 10 heteroatoms. The number of pyridine rings is 1. The number of nitrogens with zero attached hydrogens (tertiary/aromatic N) is 1. The van der Waals surface area contributed by atoms with E-state index < -0.39 is 47.7 Å². The van der Waals surface area contributed by atoms with Crippen molar-refractivity contribution in [3.63, 3.8) is 0 Å². The molecule has 4 N–H and O–H groups in total. The molecular formula is C36H46FN3O6. The monoisotopic (exact) mass is 635 g/mol. The fourth-order valence-corrected chi connectivity index (χ4v) is 5.75. The largest absolute Gasteiger partial charge is 0.481 e. The molecule has 0 spiro atoms. The zero-order valence-electron chi connectivity index (χ0n) is 27.0. The number of aromatic nitrogens is 1. The van der Waals surface area contributed by atoms with Crippen LogP contribution >= 0.6 is 0 Å². The van der Waals surface area contributed by atoms with E-state index in [4.69, 9.17) is 9.47 Å². The predicted octanol–water partition coefficient (Wildman–Crippen LogP) is 5.36. The van der Waals surface area contributed by atoms with Crippen LogP contribution in [-0.4, -0.2) is 64.2 Å². The molecule has 1 fully saturated rings. The van der Waals surface area contributed by atoms with E-state index in [1.54, 1.807) is 58.3 Å². The number of benzene rings is 2. The lowest BCUT2D eigenvalue weighted by Gasteiger charge is -2.32. The Bertz CT molecular complexity index is 1430. The van der Waals surface area contributed by atoms with E-state index >= 15 is 0 Å². The highest BCUT2D eigenvalue weighted by Gasteiger charge is 2.33. The zero-order valence-corrected chi connectivity index (χ0v) is 27.0. The number of ether oxygens (including phenoxy) is 2. The maximum atomic E-state index is 14.7. The van der Waals surface area contributed by atoms with E-state index in [1.165, 1.54) is 6.07 Å². The van der Waals surface area contributed by atoms with Gasteiger partial charge in [-0.1, -0.05) is 55.3 Å². The number of alkyl carbamates (subject to hydrolysis) is 1. The number of halogens is 1. The number of carbonyl (C=O) groups excluding carboxylic acids is 2. The third kappa shape index (κ3) is 10.3. The van der Waals surface area contributed by atoms with Crippen LogP contribution in [0.1, 0.15) is 64.0 Å². The van der Waals surface area contributed by atoms with Gasteiger partial charge in [0.15, 0.2) is 0 Å². The Kier molecular flexibility index (Phi) is 12.1. The van der Waals surface area contributed by atoms with Gasteiger partial charge in [0.2, 0.25) is 11.8 Å². The molecule has 1 heterocycles. The summed E-state index contributed by atoms with van der Waals surface area (Å²) in [4.78, 5) is 30.8. The van der Waals surface area contributed by atoms with Gasteiger partial charge in [0.1, 0.15) is 11.4 Å². The molecule has 248 valence electrons. The van der Waals surface area contributed by atoms with Gasteiger partial charge in [0.05, 0.1) is 31.4 Å². The number of aliphatic hydroxyl groups is 2. The summed E-state index contributed by atoms with van der Waals surface area (Å²) >= 11 is 0. The molecule has 1 aliphatic rings. The number of carbonyl (C=O) groups is 2. The molecule has 0 bridgehead atoms. The van der Waals surface area contributed by atoms with Crippen molar-refractivity contribution in [3.05, 3.63) is 83.8 Å². The number of aliphatic hydroxyl groups excluding tert-OH is 2. The van der Waals surface area contributed by atoms with Gasteiger partial charge in [-0.2, -0.15) is 0 Å². The lowest BCUT2D eigenvalue weighted by Crippen LogP contribution is -2.50. The first kappa shape index (κ1) is 34.8. The maximum Gasteiger partial charge on any atom is 0.407 e. The van der Waals surface area contributed by atoms with Crippen molar-refractivity contribution in [2.45, 2.75) is 95.6 Å². The number of methoxy groups -OCH3 is 1. The number of rotatable bonds is 12. The number of amides is 2. The SMILES string of the molecule is COc1ccc(-c2ccc(C[C@H](NC(=O)OC(C)(C)C)[C@@H](O)C[C@@H](Cc3ccccc3F)C(=O)N[C@H]3CCCC[C@H]3O)cc2)cn1. The molecule has 0 radical (unpaired) electrons. The topological polar surface area (TPSA) is 130 Å². The van der Waals surface area contributed by atoms with Crippen molar-refractivity contribution >= 4 is 12.0 Å². The van der Waals surface area contributed by atoms with Crippen molar-refractivity contribution in [2.75, 3.05) is 7.11 Å². The van der Waals surface area contributed by atoms with E-state index in [-0.39, 0.29) is 25.2 Å². The first-order valence-electron chi connectivity index (χ1n) is 15.9. The lowest BCUT2D eigenvalue weighted by atomic mass is 9.87. The average molecular weight is 636 g/mol. The Balaban J connectivity index is 1.55. The van der Waals surface area contributed by atoms with Gasteiger partial charge < -0.3 is 30.3 Å². The summed E-state index contributed by atoms with van der Waals surface area (Å²) < 4.78 is 25.4. The second-order valence-electron chi connectivity index (χ2n) is 13.0. The second kappa shape index (κ2) is 16.0. The van der Waals surface area contributed by atoms with Crippen molar-refractivity contribution in [3.8, 4) is 17.0 Å². The molecule has 1 aliphatic carbocycles. The van der Waals surface area contributed by atoms with Crippen LogP contribution in [0.5, 0.6) is 5.88 Å². The highest BCUT2D eigenvalue weighted by atomic mass is 19.1. The van der Waals surface area contributed by atoms with Crippen LogP contribution in [0.4, 0.5) is 9.18 Å². The van der Waals surface area contributed by atoms with Gasteiger partial charge in [-0.05, 0) is 81.7 Å². The Morgan fingerprint density at radius 2 is 1.70 bits per heavy atom. The van der Waals surface area contributed by atoms with Crippen LogP contribution < -0.4 is 15.4 Å². The quantitative estimate of drug-likeness (QED) is 0.211. The fraction of sp³-hybridized carbons (Fsp3) is 0.472. The molecule has 1 saturated carbocycles. The van der Waals surface area contributed by atoms with Gasteiger partial charge in [0.25, 0.3) is 0 Å². The van der Waals surface area contributed by atoms with E-state index in [9.17, 15) is 24.2 Å². The Morgan fingerprint density at radius 3 is 2.33 bits per heavy atom. The number of hydrogen-bond acceptors (Lipinski definition) is 7. The Morgan fingerprint density at radius 1 is 1.00 bits per heavy atom. The molecule has 2 aromatic carbocycles. The third-order valence-electron chi connectivity index (χ3n) is 8.23. The average Bonchev–Trinajstić information content (AvgIpc) is 3.02. The number of nitrogens with one attached hydrogen (secondary N) is 2. The molecule has 0 saturated heterocycles. The van der Waals surface area contributed by atoms with Gasteiger partial charge in [-0.25, -0.2) is 14.2 Å². The summed E-state index contributed by atoms with van der Waals surface area (Å²) in [5.74, 6) is -1.12. The summed E-state index contributed by atoms with van der Waals surface area (Å²) in [7, 11) is 1.56. The first-order valence-corrected chi connectivity index (χ1v) is 15.9. The normalized spacial score (nSPS) is 18.6. The molecule has 4 rings (SSSR count). The van der Waals surface area contributed by atoms with E-state index in [0.717, 1.165) is 29.5 Å². The molecule has 5 atom stereocenters. The molecule has 0 aliphatic heterocycles. The summed E-state index contributed by atoms with van der Waals surface area (Å²) in [5, 5.41) is 27.9. The van der Waals surface area contributed by atoms with Gasteiger partial charge in [0, 0.05) is 23.7 Å². The zero-order chi connectivity index (χ0) is 33.3. The van der Waals surface area contributed by atoms with Gasteiger partial charge in [-0.15, -0.1) is 0 Å². The molecule has 1 aromatic heterocycles. The Labute approximate surface area is 270 Å². The standard InChI is InChI=1S/C36H46FN3O6/c1-36(2,3)46-35(44)40-30(19-23-13-15-24(16-14-23)26-17-18-33(45-4)38-22-26)32(42)21-27(20-25-9-5-6-10-28(25)37)34(43)39-29-11-7-8-12-31(29)41/h5-6,9-10,13-18,22,27,29-32,41-42H,7-8,11-12,19-21H2,1-4H3,(H,39,43)(H,40,44)/t27-,29+,30+,31-,32+/m1/s1. The van der Waals surface area contributed by atoms with Crippen LogP contribution in [0, 0.1) is 11.7 Å². The van der Waals surface area contributed by atoms with Gasteiger partial charge >= 0.3 is 6.09 Å². The predicted molar refractivity (Wildman–Crippen MR) is 174 cm³/mol. The summed E-state index contributed by atoms with van der Waals surface area (Å²) in [6.45, 7) is 5.25. The highest BCUT2D eigenvalue weighted by molar-refractivity contribution is 5.79. The van der Waals surface area contributed by atoms with Crippen LogP contribution in [0.15, 0.2) is 66.9 Å². The van der Waals surface area contributed by atoms with Crippen LogP contribution in [0.3, 0.4) is 0 Å². The summed E-state index contributed by atoms with van der Waals surface area (Å²) in [5.41, 5.74) is 2.26. The highest BCUT2D eigenvalue weighted by Crippen LogP contribution is 2.25. The minimum Gasteiger partial charge on any atom is -0.481 e. The summed E-state index contributed by atoms with van der Waals surface area (Å²) in [6.07, 6.45) is 2.44. The molecule has 9 nitrogen and oxygen atoms in total. The smallest absolute Gasteiger partial charge is 0.407 e. The van der Waals surface area contributed by atoms with Crippen LogP contribution in [-0.2, 0) is 22.4 Å². The summed E-state index contributed by atoms with van der Waals surface area (Å²) in [6, 6.07) is 16.4. The second-order valence-corrected chi connectivity index (χ2v) is 13.0.